The number of carbonyl (C=O) groups excluding carboxylic acids is 3. The van der Waals surface area contributed by atoms with Crippen LogP contribution in [0.2, 0.25) is 0 Å². The Morgan fingerprint density at radius 1 is 1.12 bits per heavy atom. The number of methoxy groups -OCH3 is 1. The van der Waals surface area contributed by atoms with E-state index in [4.69, 9.17) is 9.47 Å². The van der Waals surface area contributed by atoms with Crippen molar-refractivity contribution in [2.24, 2.45) is 0 Å². The predicted octanol–water partition coefficient (Wildman–Crippen LogP) is 2.92. The van der Waals surface area contributed by atoms with Crippen LogP contribution in [0.5, 0.6) is 0 Å². The first kappa shape index (κ1) is 18.9. The Balaban J connectivity index is 2.22. The molecule has 0 aliphatic carbocycles. The summed E-state index contributed by atoms with van der Waals surface area (Å²) in [6.07, 6.45) is -1.00. The Morgan fingerprint density at radius 3 is 2.28 bits per heavy atom. The van der Waals surface area contributed by atoms with E-state index < -0.39 is 23.8 Å². The van der Waals surface area contributed by atoms with Gasteiger partial charge >= 0.3 is 11.9 Å². The van der Waals surface area contributed by atoms with E-state index in [1.54, 1.807) is 27.7 Å². The zero-order chi connectivity index (χ0) is 18.9. The Morgan fingerprint density at radius 2 is 1.76 bits per heavy atom. The molecular weight excluding hydrogens is 344 g/mol. The number of esters is 2. The second-order valence-electron chi connectivity index (χ2n) is 5.68. The first-order valence-electron chi connectivity index (χ1n) is 7.64. The van der Waals surface area contributed by atoms with Gasteiger partial charge < -0.3 is 14.5 Å². The molecule has 0 saturated heterocycles. The Hall–Kier alpha value is -2.48. The third kappa shape index (κ3) is 3.63. The summed E-state index contributed by atoms with van der Waals surface area (Å²) < 4.78 is 10.0. The minimum absolute atomic E-state index is 0.232. The second-order valence-corrected chi connectivity index (χ2v) is 6.88. The fraction of sp³-hybridized carbons (Fsp3) is 0.412. The normalized spacial score (nSPS) is 11.9. The number of rotatable bonds is 5. The van der Waals surface area contributed by atoms with E-state index in [1.807, 2.05) is 0 Å². The van der Waals surface area contributed by atoms with Crippen LogP contribution >= 0.6 is 11.3 Å². The van der Waals surface area contributed by atoms with Crippen molar-refractivity contribution in [2.75, 3.05) is 7.11 Å². The van der Waals surface area contributed by atoms with Gasteiger partial charge in [-0.05, 0) is 40.2 Å². The molecule has 2 heterocycles. The number of aromatic nitrogens is 2. The molecule has 7 nitrogen and oxygen atoms in total. The maximum Gasteiger partial charge on any atom is 0.350 e. The minimum atomic E-state index is -1.00. The minimum Gasteiger partial charge on any atom is -0.465 e. The molecule has 0 aliphatic rings. The van der Waals surface area contributed by atoms with Gasteiger partial charge in [-0.25, -0.2) is 14.6 Å². The molecule has 0 bridgehead atoms. The van der Waals surface area contributed by atoms with Crippen molar-refractivity contribution in [1.82, 2.24) is 9.97 Å². The fourth-order valence-corrected chi connectivity index (χ4v) is 3.40. The average Bonchev–Trinajstić information content (AvgIpc) is 3.04. The van der Waals surface area contributed by atoms with Crippen LogP contribution in [0.25, 0.3) is 0 Å². The highest BCUT2D eigenvalue weighted by atomic mass is 32.1. The van der Waals surface area contributed by atoms with Crippen LogP contribution in [0, 0.1) is 27.7 Å². The van der Waals surface area contributed by atoms with Crippen LogP contribution in [0.1, 0.15) is 59.4 Å². The molecule has 2 aromatic heterocycles. The van der Waals surface area contributed by atoms with E-state index >= 15 is 0 Å². The third-order valence-corrected chi connectivity index (χ3v) is 4.87. The number of thiazole rings is 1. The number of carbonyl (C=O) groups is 3. The van der Waals surface area contributed by atoms with Crippen molar-refractivity contribution in [2.45, 2.75) is 40.7 Å². The summed E-state index contributed by atoms with van der Waals surface area (Å²) >= 11 is 1.22. The van der Waals surface area contributed by atoms with Gasteiger partial charge in [0.2, 0.25) is 5.78 Å². The standard InChI is InChI=1S/C17H20N2O5S/c1-7-12(16(21)23-6)8(2)19-13(7)14(20)10(4)24-17(22)15-9(3)18-11(5)25-15/h10,19H,1-6H3. The van der Waals surface area contributed by atoms with Crippen LogP contribution in [0.3, 0.4) is 0 Å². The molecule has 1 N–H and O–H groups in total. The van der Waals surface area contributed by atoms with Crippen LogP contribution in [-0.4, -0.2) is 40.9 Å². The lowest BCUT2D eigenvalue weighted by Crippen LogP contribution is -2.25. The van der Waals surface area contributed by atoms with Gasteiger partial charge in [0.25, 0.3) is 0 Å². The van der Waals surface area contributed by atoms with Gasteiger partial charge in [0, 0.05) is 5.69 Å². The van der Waals surface area contributed by atoms with Crippen molar-refractivity contribution < 1.29 is 23.9 Å². The molecule has 0 radical (unpaired) electrons. The summed E-state index contributed by atoms with van der Waals surface area (Å²) in [5.41, 5.74) is 2.13. The summed E-state index contributed by atoms with van der Waals surface area (Å²) in [7, 11) is 1.28. The lowest BCUT2D eigenvalue weighted by molar-refractivity contribution is 0.0320. The molecule has 0 spiro atoms. The molecule has 0 aromatic carbocycles. The molecule has 0 aliphatic heterocycles. The lowest BCUT2D eigenvalue weighted by atomic mass is 10.1. The number of ketones is 1. The molecule has 2 aromatic rings. The number of ether oxygens (including phenoxy) is 2. The van der Waals surface area contributed by atoms with E-state index in [1.165, 1.54) is 25.4 Å². The Kier molecular flexibility index (Phi) is 5.42. The highest BCUT2D eigenvalue weighted by molar-refractivity contribution is 7.13. The van der Waals surface area contributed by atoms with Crippen molar-refractivity contribution in [1.29, 1.82) is 0 Å². The van der Waals surface area contributed by atoms with E-state index in [9.17, 15) is 14.4 Å². The average molecular weight is 364 g/mol. The number of hydrogen-bond acceptors (Lipinski definition) is 7. The van der Waals surface area contributed by atoms with Gasteiger partial charge in [-0.2, -0.15) is 0 Å². The first-order chi connectivity index (χ1) is 11.7. The van der Waals surface area contributed by atoms with Crippen LogP contribution in [0.15, 0.2) is 0 Å². The van der Waals surface area contributed by atoms with E-state index in [-0.39, 0.29) is 5.69 Å². The molecule has 8 heteroatoms. The van der Waals surface area contributed by atoms with Gasteiger partial charge in [-0.1, -0.05) is 0 Å². The Labute approximate surface area is 149 Å². The molecule has 134 valence electrons. The Bertz CT molecular complexity index is 850. The number of Topliss-reactive ketones (excluding diaryl/α,β-unsaturated/α-hetero) is 1. The zero-order valence-corrected chi connectivity index (χ0v) is 15.8. The lowest BCUT2D eigenvalue weighted by Gasteiger charge is -2.11. The van der Waals surface area contributed by atoms with Gasteiger partial charge in [0.05, 0.1) is 29.1 Å². The topological polar surface area (TPSA) is 98.4 Å². The maximum atomic E-state index is 12.6. The summed E-state index contributed by atoms with van der Waals surface area (Å²) in [4.78, 5) is 44.1. The van der Waals surface area contributed by atoms with Crippen molar-refractivity contribution in [3.8, 4) is 0 Å². The van der Waals surface area contributed by atoms with Gasteiger partial charge in [-0.3, -0.25) is 4.79 Å². The number of aryl methyl sites for hydroxylation is 3. The van der Waals surface area contributed by atoms with Gasteiger partial charge in [-0.15, -0.1) is 11.3 Å². The monoisotopic (exact) mass is 364 g/mol. The smallest absolute Gasteiger partial charge is 0.350 e. The van der Waals surface area contributed by atoms with Crippen molar-refractivity contribution in [3.05, 3.63) is 38.1 Å². The van der Waals surface area contributed by atoms with Gasteiger partial charge in [0.15, 0.2) is 6.10 Å². The molecule has 0 amide bonds. The van der Waals surface area contributed by atoms with Gasteiger partial charge in [0.1, 0.15) is 4.88 Å². The highest BCUT2D eigenvalue weighted by Gasteiger charge is 2.28. The van der Waals surface area contributed by atoms with E-state index in [0.29, 0.717) is 27.4 Å². The molecule has 25 heavy (non-hydrogen) atoms. The number of H-pyrrole nitrogens is 1. The quantitative estimate of drug-likeness (QED) is 0.647. The summed E-state index contributed by atoms with van der Waals surface area (Å²) in [5.74, 6) is -1.52. The summed E-state index contributed by atoms with van der Waals surface area (Å²) in [5, 5.41) is 0.752. The fourth-order valence-electron chi connectivity index (χ4n) is 2.60. The van der Waals surface area contributed by atoms with Crippen LogP contribution < -0.4 is 0 Å². The number of hydrogen-bond donors (Lipinski definition) is 1. The van der Waals surface area contributed by atoms with E-state index in [0.717, 1.165) is 5.01 Å². The SMILES string of the molecule is COC(=O)c1c(C)[nH]c(C(=O)C(C)OC(=O)c2sc(C)nc2C)c1C. The molecule has 0 saturated carbocycles. The van der Waals surface area contributed by atoms with Crippen molar-refractivity contribution in [3.63, 3.8) is 0 Å². The maximum absolute atomic E-state index is 12.6. The predicted molar refractivity (Wildman–Crippen MR) is 92.4 cm³/mol. The third-order valence-electron chi connectivity index (χ3n) is 3.82. The summed E-state index contributed by atoms with van der Waals surface area (Å²) in [6, 6.07) is 0. The molecule has 0 fully saturated rings. The number of aromatic amines is 1. The first-order valence-corrected chi connectivity index (χ1v) is 8.45. The molecular formula is C17H20N2O5S. The largest absolute Gasteiger partial charge is 0.465 e. The van der Waals surface area contributed by atoms with Crippen LogP contribution in [-0.2, 0) is 9.47 Å². The highest BCUT2D eigenvalue weighted by Crippen LogP contribution is 2.22. The molecule has 2 rings (SSSR count). The molecule has 1 atom stereocenters. The zero-order valence-electron chi connectivity index (χ0n) is 15.0. The number of nitrogens with one attached hydrogen (secondary N) is 1. The van der Waals surface area contributed by atoms with Crippen molar-refractivity contribution >= 4 is 29.1 Å². The second kappa shape index (κ2) is 7.18. The summed E-state index contributed by atoms with van der Waals surface area (Å²) in [6.45, 7) is 8.33. The van der Waals surface area contributed by atoms with Crippen LogP contribution in [0.4, 0.5) is 0 Å². The molecule has 1 unspecified atom stereocenters. The van der Waals surface area contributed by atoms with E-state index in [2.05, 4.69) is 9.97 Å². The number of nitrogens with zero attached hydrogens (tertiary/aromatic N) is 1.